The van der Waals surface area contributed by atoms with Crippen LogP contribution in [0.3, 0.4) is 0 Å². The summed E-state index contributed by atoms with van der Waals surface area (Å²) in [6.07, 6.45) is 6.08. The molecule has 27 heavy (non-hydrogen) atoms. The Morgan fingerprint density at radius 2 is 2.15 bits per heavy atom. The second kappa shape index (κ2) is 8.23. The predicted molar refractivity (Wildman–Crippen MR) is 105 cm³/mol. The Hall–Kier alpha value is -2.18. The lowest BCUT2D eigenvalue weighted by Gasteiger charge is -2.32. The van der Waals surface area contributed by atoms with Gasteiger partial charge in [0.15, 0.2) is 5.82 Å². The summed E-state index contributed by atoms with van der Waals surface area (Å²) in [7, 11) is 0. The van der Waals surface area contributed by atoms with Crippen molar-refractivity contribution in [3.8, 4) is 0 Å². The molecule has 4 rings (SSSR count). The maximum Gasteiger partial charge on any atom is 0.228 e. The third-order valence-corrected chi connectivity index (χ3v) is 5.76. The van der Waals surface area contributed by atoms with E-state index in [0.717, 1.165) is 38.8 Å². The van der Waals surface area contributed by atoms with E-state index in [1.165, 1.54) is 5.56 Å². The number of hydrogen-bond donors (Lipinski definition) is 2. The molecule has 3 heterocycles. The van der Waals surface area contributed by atoms with Crippen molar-refractivity contribution in [2.24, 2.45) is 5.92 Å². The lowest BCUT2D eigenvalue weighted by Crippen LogP contribution is -2.47. The van der Waals surface area contributed by atoms with E-state index in [9.17, 15) is 4.79 Å². The first-order chi connectivity index (χ1) is 13.2. The van der Waals surface area contributed by atoms with E-state index in [0.29, 0.717) is 5.82 Å². The Morgan fingerprint density at radius 3 is 2.93 bits per heavy atom. The van der Waals surface area contributed by atoms with Gasteiger partial charge in [0.2, 0.25) is 5.91 Å². The summed E-state index contributed by atoms with van der Waals surface area (Å²) >= 11 is 0. The Kier molecular flexibility index (Phi) is 5.55. The van der Waals surface area contributed by atoms with Gasteiger partial charge in [-0.2, -0.15) is 5.10 Å². The number of nitrogens with zero attached hydrogens (tertiary/aromatic N) is 2. The molecule has 0 bridgehead atoms. The fourth-order valence-electron chi connectivity index (χ4n) is 4.12. The summed E-state index contributed by atoms with van der Waals surface area (Å²) in [5, 5.41) is 11.1. The van der Waals surface area contributed by atoms with Gasteiger partial charge in [-0.3, -0.25) is 9.48 Å². The Balaban J connectivity index is 1.36. The fraction of sp³-hybridized carbons (Fsp3) is 0.524. The summed E-state index contributed by atoms with van der Waals surface area (Å²) in [4.78, 5) is 12.7. The van der Waals surface area contributed by atoms with E-state index in [1.807, 2.05) is 35.1 Å². The van der Waals surface area contributed by atoms with Crippen molar-refractivity contribution in [1.82, 2.24) is 15.1 Å². The summed E-state index contributed by atoms with van der Waals surface area (Å²) in [6.45, 7) is 3.81. The molecule has 2 saturated heterocycles. The van der Waals surface area contributed by atoms with Crippen LogP contribution in [0.25, 0.3) is 0 Å². The second-order valence-electron chi connectivity index (χ2n) is 7.59. The molecule has 1 aromatic carbocycles. The van der Waals surface area contributed by atoms with Gasteiger partial charge in [0, 0.05) is 30.8 Å². The molecule has 2 fully saturated rings. The molecular formula is C21H28N4O2. The van der Waals surface area contributed by atoms with Crippen molar-refractivity contribution < 1.29 is 9.53 Å². The molecule has 6 nitrogen and oxygen atoms in total. The van der Waals surface area contributed by atoms with Gasteiger partial charge in [0.25, 0.3) is 0 Å². The van der Waals surface area contributed by atoms with Crippen molar-refractivity contribution >= 4 is 11.7 Å². The predicted octanol–water partition coefficient (Wildman–Crippen LogP) is 2.98. The number of aromatic nitrogens is 2. The van der Waals surface area contributed by atoms with Crippen molar-refractivity contribution in [1.29, 1.82) is 0 Å². The highest BCUT2D eigenvalue weighted by Gasteiger charge is 2.33. The summed E-state index contributed by atoms with van der Waals surface area (Å²) in [5.74, 6) is 0.698. The minimum atomic E-state index is 0.0112. The maximum absolute atomic E-state index is 12.7. The first-order valence-electron chi connectivity index (χ1n) is 9.96. The van der Waals surface area contributed by atoms with E-state index >= 15 is 0 Å². The molecule has 1 amide bonds. The highest BCUT2D eigenvalue weighted by atomic mass is 16.5. The van der Waals surface area contributed by atoms with Crippen LogP contribution in [0.2, 0.25) is 0 Å². The average molecular weight is 368 g/mol. The number of carbonyl (C=O) groups is 1. The van der Waals surface area contributed by atoms with Crippen LogP contribution in [0.5, 0.6) is 0 Å². The van der Waals surface area contributed by atoms with Crippen molar-refractivity contribution in [2.45, 2.75) is 50.8 Å². The number of amides is 1. The van der Waals surface area contributed by atoms with Crippen LogP contribution < -0.4 is 10.6 Å². The van der Waals surface area contributed by atoms with Gasteiger partial charge in [-0.1, -0.05) is 30.3 Å². The first-order valence-corrected chi connectivity index (χ1v) is 9.96. The van der Waals surface area contributed by atoms with Gasteiger partial charge in [-0.05, 0) is 44.7 Å². The second-order valence-corrected chi connectivity index (χ2v) is 7.59. The number of rotatable bonds is 5. The number of ether oxygens (including phenoxy) is 1. The molecule has 6 heteroatoms. The molecule has 144 valence electrons. The average Bonchev–Trinajstić information content (AvgIpc) is 3.40. The van der Waals surface area contributed by atoms with Crippen LogP contribution in [0.1, 0.15) is 44.2 Å². The van der Waals surface area contributed by atoms with Gasteiger partial charge < -0.3 is 15.4 Å². The van der Waals surface area contributed by atoms with Gasteiger partial charge in [-0.15, -0.1) is 0 Å². The molecule has 0 saturated carbocycles. The number of carbonyl (C=O) groups excluding carboxylic acids is 1. The summed E-state index contributed by atoms with van der Waals surface area (Å²) in [6, 6.07) is 12.5. The van der Waals surface area contributed by atoms with E-state index in [-0.39, 0.29) is 30.0 Å². The third kappa shape index (κ3) is 4.22. The Morgan fingerprint density at radius 1 is 1.30 bits per heavy atom. The zero-order chi connectivity index (χ0) is 18.6. The Bertz CT molecular complexity index is 755. The largest absolute Gasteiger partial charge is 0.377 e. The van der Waals surface area contributed by atoms with Gasteiger partial charge in [0.05, 0.1) is 12.1 Å². The van der Waals surface area contributed by atoms with Gasteiger partial charge in [0.1, 0.15) is 0 Å². The van der Waals surface area contributed by atoms with Crippen molar-refractivity contribution in [3.63, 3.8) is 0 Å². The fourth-order valence-corrected chi connectivity index (χ4v) is 4.12. The number of piperidine rings is 1. The highest BCUT2D eigenvalue weighted by Crippen LogP contribution is 2.26. The lowest BCUT2D eigenvalue weighted by atomic mass is 9.88. The number of anilines is 1. The monoisotopic (exact) mass is 368 g/mol. The highest BCUT2D eigenvalue weighted by molar-refractivity contribution is 5.91. The van der Waals surface area contributed by atoms with E-state index in [2.05, 4.69) is 34.8 Å². The normalized spacial score (nSPS) is 26.6. The van der Waals surface area contributed by atoms with Crippen LogP contribution in [-0.4, -0.2) is 41.0 Å². The zero-order valence-electron chi connectivity index (χ0n) is 15.8. The summed E-state index contributed by atoms with van der Waals surface area (Å²) in [5.41, 5.74) is 1.19. The topological polar surface area (TPSA) is 68.2 Å². The molecule has 4 unspecified atom stereocenters. The minimum Gasteiger partial charge on any atom is -0.377 e. The quantitative estimate of drug-likeness (QED) is 0.851. The van der Waals surface area contributed by atoms with E-state index in [1.54, 1.807) is 0 Å². The van der Waals surface area contributed by atoms with E-state index in [4.69, 9.17) is 4.74 Å². The maximum atomic E-state index is 12.7. The third-order valence-electron chi connectivity index (χ3n) is 5.76. The van der Waals surface area contributed by atoms with Crippen LogP contribution >= 0.6 is 0 Å². The smallest absolute Gasteiger partial charge is 0.228 e. The molecule has 2 aliphatic rings. The van der Waals surface area contributed by atoms with Crippen molar-refractivity contribution in [3.05, 3.63) is 48.2 Å². The molecule has 2 aromatic rings. The molecule has 4 atom stereocenters. The number of hydrogen-bond acceptors (Lipinski definition) is 4. The Labute approximate surface area is 160 Å². The van der Waals surface area contributed by atoms with Crippen LogP contribution in [0.4, 0.5) is 5.82 Å². The molecule has 1 aromatic heterocycles. The SMILES string of the molecule is CC(c1ccccc1)n1ccc(NC(=O)C2CCNC(C3CCCO3)C2)n1. The lowest BCUT2D eigenvalue weighted by molar-refractivity contribution is -0.121. The number of benzene rings is 1. The van der Waals surface area contributed by atoms with Crippen LogP contribution in [0.15, 0.2) is 42.6 Å². The van der Waals surface area contributed by atoms with Crippen molar-refractivity contribution in [2.75, 3.05) is 18.5 Å². The minimum absolute atomic E-state index is 0.0112. The molecule has 2 aliphatic heterocycles. The summed E-state index contributed by atoms with van der Waals surface area (Å²) < 4.78 is 7.69. The zero-order valence-corrected chi connectivity index (χ0v) is 15.8. The van der Waals surface area contributed by atoms with Gasteiger partial charge >= 0.3 is 0 Å². The molecular weight excluding hydrogens is 340 g/mol. The van der Waals surface area contributed by atoms with E-state index < -0.39 is 0 Å². The standard InChI is InChI=1S/C21H28N4O2/c1-15(16-6-3-2-4-7-16)25-12-10-20(24-25)23-21(26)17-9-11-22-18(14-17)19-8-5-13-27-19/h2-4,6-7,10,12,15,17-19,22H,5,8-9,11,13-14H2,1H3,(H,23,24,26). The van der Waals surface area contributed by atoms with Crippen LogP contribution in [-0.2, 0) is 9.53 Å². The molecule has 0 radical (unpaired) electrons. The molecule has 0 spiro atoms. The molecule has 2 N–H and O–H groups in total. The number of nitrogens with one attached hydrogen (secondary N) is 2. The van der Waals surface area contributed by atoms with Crippen LogP contribution in [0, 0.1) is 5.92 Å². The van der Waals surface area contributed by atoms with Gasteiger partial charge in [-0.25, -0.2) is 0 Å². The first kappa shape index (κ1) is 18.2. The molecule has 0 aliphatic carbocycles.